The maximum absolute atomic E-state index is 6.00. The van der Waals surface area contributed by atoms with E-state index < -0.39 is 0 Å². The van der Waals surface area contributed by atoms with E-state index in [-0.39, 0.29) is 0 Å². The zero-order chi connectivity index (χ0) is 11.7. The quantitative estimate of drug-likeness (QED) is 0.852. The van der Waals surface area contributed by atoms with Crippen molar-refractivity contribution in [1.82, 2.24) is 14.7 Å². The van der Waals surface area contributed by atoms with Gasteiger partial charge in [0.1, 0.15) is 0 Å². The predicted octanol–water partition coefficient (Wildman–Crippen LogP) is 1.22. The van der Waals surface area contributed by atoms with E-state index >= 15 is 0 Å². The number of hydrogen-bond donors (Lipinski definition) is 1. The van der Waals surface area contributed by atoms with E-state index in [1.54, 1.807) is 0 Å². The van der Waals surface area contributed by atoms with Crippen molar-refractivity contribution >= 4 is 0 Å². The van der Waals surface area contributed by atoms with Crippen LogP contribution in [0.3, 0.4) is 0 Å². The molecule has 0 unspecified atom stereocenters. The van der Waals surface area contributed by atoms with Gasteiger partial charge in [0.15, 0.2) is 0 Å². The molecule has 1 atom stereocenters. The van der Waals surface area contributed by atoms with Gasteiger partial charge in [-0.25, -0.2) is 0 Å². The lowest BCUT2D eigenvalue weighted by atomic mass is 10.1. The lowest BCUT2D eigenvalue weighted by Gasteiger charge is -2.30. The minimum atomic E-state index is 0.366. The zero-order valence-electron chi connectivity index (χ0n) is 10.4. The highest BCUT2D eigenvalue weighted by Gasteiger charge is 2.22. The van der Waals surface area contributed by atoms with Gasteiger partial charge in [-0.3, -0.25) is 9.58 Å². The van der Waals surface area contributed by atoms with Crippen molar-refractivity contribution in [1.29, 1.82) is 0 Å². The third-order valence-corrected chi connectivity index (χ3v) is 3.78. The molecule has 0 amide bonds. The minimum Gasteiger partial charge on any atom is -0.327 e. The van der Waals surface area contributed by atoms with Gasteiger partial charge in [0, 0.05) is 37.4 Å². The number of rotatable bonds is 4. The predicted molar refractivity (Wildman–Crippen MR) is 67.4 cm³/mol. The third kappa shape index (κ3) is 3.07. The van der Waals surface area contributed by atoms with E-state index in [9.17, 15) is 0 Å². The molecule has 1 saturated heterocycles. The Kier molecular flexibility index (Phi) is 3.16. The summed E-state index contributed by atoms with van der Waals surface area (Å²) in [5.74, 6) is 0.895. The van der Waals surface area contributed by atoms with Crippen molar-refractivity contribution in [2.45, 2.75) is 44.8 Å². The topological polar surface area (TPSA) is 47.1 Å². The van der Waals surface area contributed by atoms with E-state index in [1.165, 1.54) is 37.8 Å². The Balaban J connectivity index is 1.54. The van der Waals surface area contributed by atoms with Crippen molar-refractivity contribution in [3.63, 3.8) is 0 Å². The first-order valence-electron chi connectivity index (χ1n) is 6.79. The summed E-state index contributed by atoms with van der Waals surface area (Å²) in [5, 5.41) is 4.44. The van der Waals surface area contributed by atoms with E-state index in [0.29, 0.717) is 6.04 Å². The molecule has 2 N–H and O–H groups in total. The van der Waals surface area contributed by atoms with Gasteiger partial charge in [0.25, 0.3) is 0 Å². The Labute approximate surface area is 103 Å². The van der Waals surface area contributed by atoms with Gasteiger partial charge in [-0.15, -0.1) is 0 Å². The Morgan fingerprint density at radius 2 is 2.24 bits per heavy atom. The van der Waals surface area contributed by atoms with Crippen molar-refractivity contribution in [3.05, 3.63) is 18.0 Å². The summed E-state index contributed by atoms with van der Waals surface area (Å²) < 4.78 is 2.11. The first-order chi connectivity index (χ1) is 8.29. The van der Waals surface area contributed by atoms with E-state index in [1.807, 2.05) is 6.20 Å². The average Bonchev–Trinajstić information content (AvgIpc) is 2.99. The van der Waals surface area contributed by atoms with Gasteiger partial charge in [0.2, 0.25) is 0 Å². The number of likely N-dealkylation sites (tertiary alicyclic amines) is 1. The lowest BCUT2D eigenvalue weighted by Crippen LogP contribution is -2.42. The number of piperidine rings is 1. The molecule has 1 aromatic rings. The first-order valence-corrected chi connectivity index (χ1v) is 6.79. The summed E-state index contributed by atoms with van der Waals surface area (Å²) in [6, 6.07) is 0.366. The van der Waals surface area contributed by atoms with Crippen LogP contribution >= 0.6 is 0 Å². The number of nitrogens with two attached hydrogens (primary N) is 1. The summed E-state index contributed by atoms with van der Waals surface area (Å²) in [6.45, 7) is 4.34. The molecule has 1 aliphatic heterocycles. The smallest absolute Gasteiger partial charge is 0.0534 e. The van der Waals surface area contributed by atoms with Crippen LogP contribution in [-0.4, -0.2) is 33.8 Å². The molecule has 1 aromatic heterocycles. The largest absolute Gasteiger partial charge is 0.327 e. The molecular weight excluding hydrogens is 212 g/mol. The lowest BCUT2D eigenvalue weighted by molar-refractivity contribution is 0.201. The Morgan fingerprint density at radius 3 is 3.00 bits per heavy atom. The number of aromatic nitrogens is 2. The summed E-state index contributed by atoms with van der Waals surface area (Å²) in [6.07, 6.45) is 9.40. The summed E-state index contributed by atoms with van der Waals surface area (Å²) >= 11 is 0. The normalized spacial score (nSPS) is 26.3. The highest BCUT2D eigenvalue weighted by Crippen LogP contribution is 2.30. The monoisotopic (exact) mass is 234 g/mol. The molecule has 2 aliphatic rings. The maximum Gasteiger partial charge on any atom is 0.0534 e. The van der Waals surface area contributed by atoms with E-state index in [2.05, 4.69) is 20.9 Å². The Morgan fingerprint density at radius 1 is 1.35 bits per heavy atom. The third-order valence-electron chi connectivity index (χ3n) is 3.78. The highest BCUT2D eigenvalue weighted by atomic mass is 15.3. The van der Waals surface area contributed by atoms with Crippen molar-refractivity contribution in [2.24, 2.45) is 11.7 Å². The van der Waals surface area contributed by atoms with Crippen LogP contribution in [0.4, 0.5) is 0 Å². The molecule has 3 rings (SSSR count). The van der Waals surface area contributed by atoms with Crippen LogP contribution in [0.2, 0.25) is 0 Å². The van der Waals surface area contributed by atoms with Crippen LogP contribution in [-0.2, 0) is 13.1 Å². The zero-order valence-corrected chi connectivity index (χ0v) is 10.4. The molecule has 17 heavy (non-hydrogen) atoms. The number of hydrogen-bond acceptors (Lipinski definition) is 3. The van der Waals surface area contributed by atoms with Gasteiger partial charge in [-0.1, -0.05) is 0 Å². The molecule has 1 aliphatic carbocycles. The summed E-state index contributed by atoms with van der Waals surface area (Å²) in [4.78, 5) is 2.45. The van der Waals surface area contributed by atoms with Crippen molar-refractivity contribution in [3.8, 4) is 0 Å². The molecule has 0 bridgehead atoms. The fraction of sp³-hybridized carbons (Fsp3) is 0.769. The Hall–Kier alpha value is -0.870. The van der Waals surface area contributed by atoms with Gasteiger partial charge >= 0.3 is 0 Å². The van der Waals surface area contributed by atoms with Crippen LogP contribution in [0.1, 0.15) is 31.2 Å². The highest BCUT2D eigenvalue weighted by molar-refractivity contribution is 5.04. The molecule has 0 radical (unpaired) electrons. The molecule has 0 aromatic carbocycles. The molecule has 2 fully saturated rings. The van der Waals surface area contributed by atoms with Crippen LogP contribution in [0.5, 0.6) is 0 Å². The van der Waals surface area contributed by atoms with Crippen LogP contribution < -0.4 is 5.73 Å². The molecule has 4 nitrogen and oxygen atoms in total. The average molecular weight is 234 g/mol. The fourth-order valence-electron chi connectivity index (χ4n) is 2.65. The van der Waals surface area contributed by atoms with Crippen LogP contribution in [0.15, 0.2) is 12.4 Å². The number of nitrogens with zero attached hydrogens (tertiary/aromatic N) is 3. The Bertz CT molecular complexity index is 369. The van der Waals surface area contributed by atoms with Gasteiger partial charge in [0.05, 0.1) is 6.20 Å². The SMILES string of the molecule is N[C@@H]1CCCN(Cc2cnn(CC3CC3)c2)C1. The second-order valence-corrected chi connectivity index (χ2v) is 5.65. The molecular formula is C13H22N4. The minimum absolute atomic E-state index is 0.366. The molecule has 2 heterocycles. The van der Waals surface area contributed by atoms with Gasteiger partial charge in [-0.2, -0.15) is 5.10 Å². The second-order valence-electron chi connectivity index (χ2n) is 5.65. The van der Waals surface area contributed by atoms with E-state index in [0.717, 1.165) is 25.6 Å². The van der Waals surface area contributed by atoms with Crippen LogP contribution in [0, 0.1) is 5.92 Å². The standard InChI is InChI=1S/C13H22N4/c14-13-2-1-5-16(10-13)7-12-6-15-17(9-12)8-11-3-4-11/h6,9,11,13H,1-5,7-8,10,14H2/t13-/m1/s1. The maximum atomic E-state index is 6.00. The molecule has 0 spiro atoms. The van der Waals surface area contributed by atoms with Gasteiger partial charge in [-0.05, 0) is 38.1 Å². The summed E-state index contributed by atoms with van der Waals surface area (Å²) in [7, 11) is 0. The van der Waals surface area contributed by atoms with Crippen molar-refractivity contribution < 1.29 is 0 Å². The van der Waals surface area contributed by atoms with Crippen molar-refractivity contribution in [2.75, 3.05) is 13.1 Å². The van der Waals surface area contributed by atoms with Crippen LogP contribution in [0.25, 0.3) is 0 Å². The molecule has 94 valence electrons. The molecule has 4 heteroatoms. The first kappa shape index (κ1) is 11.2. The summed E-state index contributed by atoms with van der Waals surface area (Å²) in [5.41, 5.74) is 7.33. The fourth-order valence-corrected chi connectivity index (χ4v) is 2.65. The van der Waals surface area contributed by atoms with Gasteiger partial charge < -0.3 is 5.73 Å². The van der Waals surface area contributed by atoms with E-state index in [4.69, 9.17) is 5.73 Å². The second kappa shape index (κ2) is 4.78. The molecule has 1 saturated carbocycles.